The highest BCUT2D eigenvalue weighted by atomic mass is 35.5. The zero-order chi connectivity index (χ0) is 39.3. The number of carbonyl (C=O) groups is 4. The number of hydrogen-bond donors (Lipinski definition) is 2. The van der Waals surface area contributed by atoms with Gasteiger partial charge in [0, 0.05) is 22.9 Å². The number of benzene rings is 4. The van der Waals surface area contributed by atoms with E-state index in [-0.39, 0.29) is 33.9 Å². The number of methoxy groups -OCH3 is 1. The number of rotatable bonds is 6. The van der Waals surface area contributed by atoms with E-state index in [0.29, 0.717) is 5.69 Å². The van der Waals surface area contributed by atoms with Crippen LogP contribution in [0.3, 0.4) is 0 Å². The Morgan fingerprint density at radius 2 is 1.38 bits per heavy atom. The predicted octanol–water partition coefficient (Wildman–Crippen LogP) is 7.61. The topological polar surface area (TPSA) is 116 Å². The summed E-state index contributed by atoms with van der Waals surface area (Å²) in [5.41, 5.74) is -0.182. The first-order valence-corrected chi connectivity index (χ1v) is 17.6. The third-order valence-corrected chi connectivity index (χ3v) is 12.4. The van der Waals surface area contributed by atoms with Gasteiger partial charge in [0.1, 0.15) is 17.2 Å². The molecule has 2 N–H and O–H groups in total. The minimum absolute atomic E-state index is 0.0712. The van der Waals surface area contributed by atoms with Gasteiger partial charge in [-0.25, -0.2) is 26.9 Å². The summed E-state index contributed by atoms with van der Waals surface area (Å²) < 4.78 is 79.0. The van der Waals surface area contributed by atoms with E-state index in [4.69, 9.17) is 27.9 Å². The molecule has 9 nitrogen and oxygen atoms in total. The van der Waals surface area contributed by atoms with Crippen LogP contribution in [0.5, 0.6) is 11.5 Å². The molecule has 3 fully saturated rings. The van der Waals surface area contributed by atoms with Crippen LogP contribution >= 0.6 is 23.2 Å². The first kappa shape index (κ1) is 36.5. The second-order valence-corrected chi connectivity index (χ2v) is 14.9. The van der Waals surface area contributed by atoms with Crippen LogP contribution in [0.15, 0.2) is 84.4 Å². The summed E-state index contributed by atoms with van der Waals surface area (Å²) in [5.74, 6) is -22.3. The smallest absolute Gasteiger partial charge is 0.258 e. The van der Waals surface area contributed by atoms with E-state index in [9.17, 15) is 37.5 Å². The zero-order valence-electron chi connectivity index (χ0n) is 28.3. The van der Waals surface area contributed by atoms with Gasteiger partial charge in [0.15, 0.2) is 33.0 Å². The molecule has 4 aromatic carbocycles. The molecular weight excluding hydrogens is 772 g/mol. The molecule has 16 heteroatoms. The van der Waals surface area contributed by atoms with E-state index in [1.807, 2.05) is 30.3 Å². The van der Waals surface area contributed by atoms with Crippen LogP contribution in [0.25, 0.3) is 0 Å². The number of ether oxygens (including phenoxy) is 1. The number of allylic oxidation sites excluding steroid dienone is 2. The molecule has 4 aliphatic rings. The summed E-state index contributed by atoms with van der Waals surface area (Å²) in [6, 6.07) is 19.5. The fourth-order valence-electron chi connectivity index (χ4n) is 8.44. The minimum atomic E-state index is -2.79. The number of alkyl halides is 2. The van der Waals surface area contributed by atoms with Crippen molar-refractivity contribution < 1.29 is 51.0 Å². The molecule has 282 valence electrons. The lowest BCUT2D eigenvalue weighted by Gasteiger charge is -2.50. The highest BCUT2D eigenvalue weighted by Crippen LogP contribution is 2.67. The fourth-order valence-corrected chi connectivity index (χ4v) is 9.37. The first-order chi connectivity index (χ1) is 26.1. The van der Waals surface area contributed by atoms with E-state index in [1.54, 1.807) is 24.3 Å². The van der Waals surface area contributed by atoms with E-state index >= 15 is 8.78 Å². The lowest BCUT2D eigenvalue weighted by Crippen LogP contribution is -2.60. The third kappa shape index (κ3) is 5.03. The van der Waals surface area contributed by atoms with Gasteiger partial charge in [-0.1, -0.05) is 29.8 Å². The molecule has 0 aromatic heterocycles. The van der Waals surface area contributed by atoms with Crippen molar-refractivity contribution >= 4 is 69.6 Å². The highest BCUT2D eigenvalue weighted by Gasteiger charge is 2.77. The highest BCUT2D eigenvalue weighted by molar-refractivity contribution is 6.58. The first-order valence-electron chi connectivity index (χ1n) is 16.8. The van der Waals surface area contributed by atoms with Crippen molar-refractivity contribution in [2.24, 2.45) is 17.8 Å². The van der Waals surface area contributed by atoms with Crippen molar-refractivity contribution in [3.8, 4) is 11.5 Å². The quantitative estimate of drug-likeness (QED) is 0.0516. The second kappa shape index (κ2) is 12.8. The van der Waals surface area contributed by atoms with Gasteiger partial charge in [-0.05, 0) is 73.4 Å². The lowest BCUT2D eigenvalue weighted by atomic mass is 9.56. The van der Waals surface area contributed by atoms with Gasteiger partial charge < -0.3 is 15.2 Å². The van der Waals surface area contributed by atoms with Crippen molar-refractivity contribution in [2.75, 3.05) is 22.2 Å². The molecule has 0 radical (unpaired) electrons. The Morgan fingerprint density at radius 3 is 2.02 bits per heavy atom. The molecule has 2 heterocycles. The van der Waals surface area contributed by atoms with Gasteiger partial charge in [-0.2, -0.15) is 0 Å². The van der Waals surface area contributed by atoms with Crippen LogP contribution in [0.1, 0.15) is 24.3 Å². The molecule has 55 heavy (non-hydrogen) atoms. The number of anilines is 4. The number of carbonyl (C=O) groups excluding carboxylic acids is 4. The Morgan fingerprint density at radius 1 is 0.764 bits per heavy atom. The van der Waals surface area contributed by atoms with Crippen LogP contribution in [-0.4, -0.2) is 45.6 Å². The van der Waals surface area contributed by atoms with E-state index in [0.717, 1.165) is 10.6 Å². The summed E-state index contributed by atoms with van der Waals surface area (Å²) in [6.45, 7) is 0. The molecule has 2 aliphatic carbocycles. The molecule has 0 bridgehead atoms. The monoisotopic (exact) mass is 797 g/mol. The largest absolute Gasteiger partial charge is 0.508 e. The number of hydrogen-bond acceptors (Lipinski definition) is 7. The summed E-state index contributed by atoms with van der Waals surface area (Å²) in [6.07, 6.45) is 0.782. The number of aromatic hydroxyl groups is 1. The van der Waals surface area contributed by atoms with Crippen molar-refractivity contribution in [3.05, 3.63) is 119 Å². The normalized spacial score (nSPS) is 27.2. The number of fused-ring (bicyclic) bond motifs is 4. The molecular formula is C39H26Cl2F5N3O6. The Bertz CT molecular complexity index is 2350. The molecule has 6 atom stereocenters. The number of phenolic OH excluding ortho intramolecular Hbond substituents is 1. The summed E-state index contributed by atoms with van der Waals surface area (Å²) in [4.78, 5) is 52.5. The predicted molar refractivity (Wildman–Crippen MR) is 190 cm³/mol. The average molecular weight is 799 g/mol. The van der Waals surface area contributed by atoms with Gasteiger partial charge in [-0.15, -0.1) is 23.2 Å². The van der Waals surface area contributed by atoms with Crippen molar-refractivity contribution in [3.63, 3.8) is 0 Å². The van der Waals surface area contributed by atoms with Crippen LogP contribution in [0.2, 0.25) is 0 Å². The minimum Gasteiger partial charge on any atom is -0.508 e. The number of para-hydroxylation sites is 1. The number of imide groups is 2. The van der Waals surface area contributed by atoms with E-state index in [2.05, 4.69) is 5.32 Å². The van der Waals surface area contributed by atoms with Crippen molar-refractivity contribution in [1.29, 1.82) is 0 Å². The zero-order valence-corrected chi connectivity index (χ0v) is 29.8. The number of phenols is 1. The molecule has 8 rings (SSSR count). The molecule has 1 saturated carbocycles. The standard InChI is InChI=1S/C39H26Cl2F5N3O6/c1-55-20-11-14-25(50)23(15-20)27-21-12-13-22-26(35(52)48(34(22)51)19-9-7-18(8-10-19)47-17-5-3-2-4-6-17)24(21)16-38(40)36(53)49(37(54)39(27,38)41)33-31(45)29(43)28(42)30(44)32(33)46/h2-12,14-15,22,24,26-27,47,50H,13,16H2,1H3. The van der Waals surface area contributed by atoms with Gasteiger partial charge >= 0.3 is 0 Å². The van der Waals surface area contributed by atoms with Crippen LogP contribution in [-0.2, 0) is 19.2 Å². The lowest BCUT2D eigenvalue weighted by molar-refractivity contribution is -0.125. The van der Waals surface area contributed by atoms with Crippen LogP contribution in [0.4, 0.5) is 44.7 Å². The summed E-state index contributed by atoms with van der Waals surface area (Å²) in [5, 5.41) is 14.4. The van der Waals surface area contributed by atoms with Crippen molar-refractivity contribution in [1.82, 2.24) is 0 Å². The van der Waals surface area contributed by atoms with Crippen LogP contribution < -0.4 is 19.9 Å². The maximum Gasteiger partial charge on any atom is 0.258 e. The third-order valence-electron chi connectivity index (χ3n) is 11.0. The van der Waals surface area contributed by atoms with Crippen LogP contribution in [0, 0.1) is 46.8 Å². The Kier molecular flexibility index (Phi) is 8.50. The maximum absolute atomic E-state index is 15.3. The number of nitrogens with zero attached hydrogens (tertiary/aromatic N) is 2. The maximum atomic E-state index is 15.3. The molecule has 0 spiro atoms. The Hall–Kier alpha value is -5.47. The van der Waals surface area contributed by atoms with Crippen molar-refractivity contribution in [2.45, 2.75) is 28.5 Å². The summed E-state index contributed by atoms with van der Waals surface area (Å²) >= 11 is 14.3. The molecule has 2 saturated heterocycles. The van der Waals surface area contributed by atoms with Gasteiger partial charge in [-0.3, -0.25) is 24.1 Å². The SMILES string of the molecule is COc1ccc(O)c(C2C3=CCC4C(=O)N(c5ccc(Nc6ccccc6)cc5)C(=O)C4C3CC3(Cl)C(=O)N(c4c(F)c(F)c(F)c(F)c4F)C(=O)C23Cl)c1. The molecule has 2 aliphatic heterocycles. The average Bonchev–Trinajstić information content (AvgIpc) is 3.52. The number of amides is 4. The van der Waals surface area contributed by atoms with E-state index in [1.165, 1.54) is 31.4 Å². The summed E-state index contributed by atoms with van der Waals surface area (Å²) in [7, 11) is 1.30. The Balaban J connectivity index is 1.25. The number of halogens is 7. The van der Waals surface area contributed by atoms with Gasteiger partial charge in [0.2, 0.25) is 17.6 Å². The van der Waals surface area contributed by atoms with Gasteiger partial charge in [0.05, 0.1) is 24.6 Å². The fraction of sp³-hybridized carbons (Fsp3) is 0.231. The van der Waals surface area contributed by atoms with E-state index < -0.39 is 104 Å². The molecule has 6 unspecified atom stereocenters. The second-order valence-electron chi connectivity index (χ2n) is 13.7. The Labute approximate surface area is 318 Å². The number of nitrogens with one attached hydrogen (secondary N) is 1. The molecule has 4 aromatic rings. The van der Waals surface area contributed by atoms with Gasteiger partial charge in [0.25, 0.3) is 11.8 Å². The molecule has 4 amide bonds.